The Hall–Kier alpha value is -2.93. The number of anilines is 1. The van der Waals surface area contributed by atoms with Gasteiger partial charge in [0.05, 0.1) is 6.61 Å². The number of hydrogen-bond donors (Lipinski definition) is 3. The predicted octanol–water partition coefficient (Wildman–Crippen LogP) is 3.74. The number of nitrogens with one attached hydrogen (secondary N) is 3. The molecule has 3 N–H and O–H groups in total. The lowest BCUT2D eigenvalue weighted by Gasteiger charge is -2.11. The first-order valence-electron chi connectivity index (χ1n) is 9.27. The van der Waals surface area contributed by atoms with Gasteiger partial charge in [-0.1, -0.05) is 13.3 Å². The smallest absolute Gasteiger partial charge is 0.257 e. The normalized spacial score (nSPS) is 10.1. The van der Waals surface area contributed by atoms with Crippen LogP contribution in [0, 0.1) is 0 Å². The van der Waals surface area contributed by atoms with Crippen molar-refractivity contribution >= 4 is 34.8 Å². The van der Waals surface area contributed by atoms with Crippen LogP contribution in [0.2, 0.25) is 0 Å². The Labute approximate surface area is 170 Å². The SMILES string of the molecule is CCCCNC(=O)c1ccc(NC(=S)NC(=O)c2ccc(OCC)cc2)cc1. The van der Waals surface area contributed by atoms with Gasteiger partial charge in [0.2, 0.25) is 0 Å². The molecule has 0 unspecified atom stereocenters. The Bertz CT molecular complexity index is 805. The molecule has 0 aliphatic carbocycles. The Kier molecular flexibility index (Phi) is 8.42. The average molecular weight is 400 g/mol. The van der Waals surface area contributed by atoms with E-state index in [9.17, 15) is 9.59 Å². The quantitative estimate of drug-likeness (QED) is 0.465. The first kappa shape index (κ1) is 21.4. The van der Waals surface area contributed by atoms with Gasteiger partial charge in [0.15, 0.2) is 5.11 Å². The molecule has 0 heterocycles. The molecular weight excluding hydrogens is 374 g/mol. The van der Waals surface area contributed by atoms with E-state index in [2.05, 4.69) is 22.9 Å². The molecule has 2 amide bonds. The number of carbonyl (C=O) groups excluding carboxylic acids is 2. The summed E-state index contributed by atoms with van der Waals surface area (Å²) in [5, 5.41) is 8.61. The van der Waals surface area contributed by atoms with Gasteiger partial charge >= 0.3 is 0 Å². The van der Waals surface area contributed by atoms with Gasteiger partial charge in [0.25, 0.3) is 11.8 Å². The summed E-state index contributed by atoms with van der Waals surface area (Å²) >= 11 is 5.19. The standard InChI is InChI=1S/C21H25N3O3S/c1-3-5-14-22-19(25)15-6-10-17(11-7-15)23-21(28)24-20(26)16-8-12-18(13-9-16)27-4-2/h6-13H,3-5,14H2,1-2H3,(H,22,25)(H2,23,24,26,28). The third-order valence-corrected chi connectivity index (χ3v) is 4.08. The zero-order chi connectivity index (χ0) is 20.4. The van der Waals surface area contributed by atoms with Gasteiger partial charge in [-0.3, -0.25) is 14.9 Å². The molecule has 148 valence electrons. The van der Waals surface area contributed by atoms with Crippen LogP contribution >= 0.6 is 12.2 Å². The van der Waals surface area contributed by atoms with E-state index in [0.717, 1.165) is 12.8 Å². The van der Waals surface area contributed by atoms with Crippen molar-refractivity contribution in [2.45, 2.75) is 26.7 Å². The number of thiocarbonyl (C=S) groups is 1. The van der Waals surface area contributed by atoms with Crippen LogP contribution in [0.3, 0.4) is 0 Å². The lowest BCUT2D eigenvalue weighted by molar-refractivity contribution is 0.0950. The summed E-state index contributed by atoms with van der Waals surface area (Å²) in [7, 11) is 0. The molecule has 0 aliphatic rings. The monoisotopic (exact) mass is 399 g/mol. The fraction of sp³-hybridized carbons (Fsp3) is 0.286. The van der Waals surface area contributed by atoms with Gasteiger partial charge in [-0.15, -0.1) is 0 Å². The number of rotatable bonds is 8. The van der Waals surface area contributed by atoms with Crippen molar-refractivity contribution in [1.29, 1.82) is 0 Å². The molecule has 0 fully saturated rings. The molecular formula is C21H25N3O3S. The number of benzene rings is 2. The average Bonchev–Trinajstić information content (AvgIpc) is 2.69. The van der Waals surface area contributed by atoms with Crippen molar-refractivity contribution < 1.29 is 14.3 Å². The van der Waals surface area contributed by atoms with Crippen LogP contribution < -0.4 is 20.7 Å². The highest BCUT2D eigenvalue weighted by atomic mass is 32.1. The van der Waals surface area contributed by atoms with Gasteiger partial charge in [-0.05, 0) is 74.1 Å². The maximum atomic E-state index is 12.3. The maximum absolute atomic E-state index is 12.3. The van der Waals surface area contributed by atoms with E-state index in [4.69, 9.17) is 17.0 Å². The first-order valence-corrected chi connectivity index (χ1v) is 9.67. The fourth-order valence-corrected chi connectivity index (χ4v) is 2.60. The summed E-state index contributed by atoms with van der Waals surface area (Å²) in [5.41, 5.74) is 1.74. The Balaban J connectivity index is 1.86. The van der Waals surface area contributed by atoms with E-state index < -0.39 is 0 Å². The zero-order valence-corrected chi connectivity index (χ0v) is 16.9. The van der Waals surface area contributed by atoms with Gasteiger partial charge in [0.1, 0.15) is 5.75 Å². The number of hydrogen-bond acceptors (Lipinski definition) is 4. The van der Waals surface area contributed by atoms with Crippen molar-refractivity contribution in [1.82, 2.24) is 10.6 Å². The van der Waals surface area contributed by atoms with Crippen LogP contribution in [-0.2, 0) is 0 Å². The lowest BCUT2D eigenvalue weighted by atomic mass is 10.2. The van der Waals surface area contributed by atoms with E-state index in [-0.39, 0.29) is 16.9 Å². The maximum Gasteiger partial charge on any atom is 0.257 e. The second kappa shape index (κ2) is 11.0. The summed E-state index contributed by atoms with van der Waals surface area (Å²) in [6.07, 6.45) is 1.98. The lowest BCUT2D eigenvalue weighted by Crippen LogP contribution is -2.34. The van der Waals surface area contributed by atoms with E-state index in [1.807, 2.05) is 6.92 Å². The second-order valence-electron chi connectivity index (χ2n) is 6.05. The third kappa shape index (κ3) is 6.66. The van der Waals surface area contributed by atoms with Crippen molar-refractivity contribution in [3.63, 3.8) is 0 Å². The Morgan fingerprint density at radius 2 is 1.54 bits per heavy atom. The van der Waals surface area contributed by atoms with Crippen LogP contribution in [0.4, 0.5) is 5.69 Å². The van der Waals surface area contributed by atoms with Gasteiger partial charge in [-0.2, -0.15) is 0 Å². The molecule has 0 atom stereocenters. The second-order valence-corrected chi connectivity index (χ2v) is 6.46. The highest BCUT2D eigenvalue weighted by Gasteiger charge is 2.09. The summed E-state index contributed by atoms with van der Waals surface area (Å²) < 4.78 is 5.36. The predicted molar refractivity (Wildman–Crippen MR) is 115 cm³/mol. The van der Waals surface area contributed by atoms with Crippen molar-refractivity contribution in [2.75, 3.05) is 18.5 Å². The molecule has 2 aromatic rings. The third-order valence-electron chi connectivity index (χ3n) is 3.88. The molecule has 28 heavy (non-hydrogen) atoms. The highest BCUT2D eigenvalue weighted by molar-refractivity contribution is 7.80. The molecule has 2 rings (SSSR count). The molecule has 0 bridgehead atoms. The van der Waals surface area contributed by atoms with E-state index in [1.165, 1.54) is 0 Å². The van der Waals surface area contributed by atoms with E-state index >= 15 is 0 Å². The van der Waals surface area contributed by atoms with Crippen LogP contribution in [0.25, 0.3) is 0 Å². The summed E-state index contributed by atoms with van der Waals surface area (Å²) in [6.45, 7) is 5.20. The topological polar surface area (TPSA) is 79.5 Å². The first-order chi connectivity index (χ1) is 13.5. The molecule has 7 heteroatoms. The van der Waals surface area contributed by atoms with E-state index in [1.54, 1.807) is 48.5 Å². The summed E-state index contributed by atoms with van der Waals surface area (Å²) in [6, 6.07) is 13.7. The summed E-state index contributed by atoms with van der Waals surface area (Å²) in [5.74, 6) is 0.289. The summed E-state index contributed by atoms with van der Waals surface area (Å²) in [4.78, 5) is 24.2. The molecule has 6 nitrogen and oxygen atoms in total. The van der Waals surface area contributed by atoms with Crippen molar-refractivity contribution in [3.8, 4) is 5.75 Å². The van der Waals surface area contributed by atoms with Gasteiger partial charge < -0.3 is 15.4 Å². The van der Waals surface area contributed by atoms with Crippen LogP contribution in [0.15, 0.2) is 48.5 Å². The minimum atomic E-state index is -0.313. The molecule has 0 spiro atoms. The molecule has 0 radical (unpaired) electrons. The number of ether oxygens (including phenoxy) is 1. The number of carbonyl (C=O) groups is 2. The van der Waals surface area contributed by atoms with E-state index in [0.29, 0.717) is 35.7 Å². The minimum absolute atomic E-state index is 0.105. The molecule has 2 aromatic carbocycles. The van der Waals surface area contributed by atoms with Crippen LogP contribution in [-0.4, -0.2) is 30.1 Å². The number of unbranched alkanes of at least 4 members (excludes halogenated alkanes) is 1. The molecule has 0 saturated heterocycles. The van der Waals surface area contributed by atoms with Gasteiger partial charge in [0, 0.05) is 23.4 Å². The van der Waals surface area contributed by atoms with Crippen LogP contribution in [0.1, 0.15) is 47.4 Å². The van der Waals surface area contributed by atoms with Crippen LogP contribution in [0.5, 0.6) is 5.75 Å². The molecule has 0 saturated carbocycles. The number of amides is 2. The highest BCUT2D eigenvalue weighted by Crippen LogP contribution is 2.13. The van der Waals surface area contributed by atoms with Crippen molar-refractivity contribution in [3.05, 3.63) is 59.7 Å². The largest absolute Gasteiger partial charge is 0.494 e. The Morgan fingerprint density at radius 3 is 2.14 bits per heavy atom. The molecule has 0 aliphatic heterocycles. The zero-order valence-electron chi connectivity index (χ0n) is 16.1. The van der Waals surface area contributed by atoms with Gasteiger partial charge in [-0.25, -0.2) is 0 Å². The Morgan fingerprint density at radius 1 is 0.929 bits per heavy atom. The molecule has 0 aromatic heterocycles. The van der Waals surface area contributed by atoms with Crippen molar-refractivity contribution in [2.24, 2.45) is 0 Å². The fourth-order valence-electron chi connectivity index (χ4n) is 2.39. The minimum Gasteiger partial charge on any atom is -0.494 e.